The fraction of sp³-hybridized carbons (Fsp3) is 0.0870. The zero-order chi connectivity index (χ0) is 22.7. The lowest BCUT2D eigenvalue weighted by Gasteiger charge is -2.10. The summed E-state index contributed by atoms with van der Waals surface area (Å²) in [5, 5.41) is 14.1. The van der Waals surface area contributed by atoms with Gasteiger partial charge in [0.15, 0.2) is 12.4 Å². The summed E-state index contributed by atoms with van der Waals surface area (Å²) in [6, 6.07) is 16.4. The Kier molecular flexibility index (Phi) is 5.63. The molecule has 0 bridgehead atoms. The number of anilines is 1. The quantitative estimate of drug-likeness (QED) is 0.271. The highest BCUT2D eigenvalue weighted by molar-refractivity contribution is 6.05. The van der Waals surface area contributed by atoms with Crippen molar-refractivity contribution in [3.8, 4) is 11.5 Å². The minimum atomic E-state index is -0.707. The van der Waals surface area contributed by atoms with Crippen LogP contribution in [0.3, 0.4) is 0 Å². The Bertz CT molecular complexity index is 1330. The largest absolute Gasteiger partial charge is 0.463 e. The number of nitrogens with zero attached hydrogens (tertiary/aromatic N) is 2. The predicted molar refractivity (Wildman–Crippen MR) is 116 cm³/mol. The van der Waals surface area contributed by atoms with Crippen molar-refractivity contribution in [3.63, 3.8) is 0 Å². The molecule has 9 nitrogen and oxygen atoms in total. The van der Waals surface area contributed by atoms with Crippen molar-refractivity contribution < 1.29 is 23.7 Å². The summed E-state index contributed by atoms with van der Waals surface area (Å²) in [6.45, 7) is 1.04. The number of aromatic nitrogens is 1. The lowest BCUT2D eigenvalue weighted by atomic mass is 10.1. The maximum Gasteiger partial charge on any atom is 0.339 e. The summed E-state index contributed by atoms with van der Waals surface area (Å²) in [5.41, 5.74) is 1.85. The standard InChI is InChI=1S/C23H17N3O6/c1-14-8-9-15(11-20(14)26(29)30)24-22(27)13-32-23(28)17-12-19(21-7-4-10-31-21)25-18-6-3-2-5-16(17)18/h2-12H,13H2,1H3,(H,24,27). The van der Waals surface area contributed by atoms with E-state index in [2.05, 4.69) is 10.3 Å². The number of nitro groups is 1. The average molecular weight is 431 g/mol. The number of benzene rings is 2. The third kappa shape index (κ3) is 4.31. The lowest BCUT2D eigenvalue weighted by molar-refractivity contribution is -0.385. The molecule has 0 aliphatic rings. The highest BCUT2D eigenvalue weighted by Crippen LogP contribution is 2.26. The van der Waals surface area contributed by atoms with Crippen LogP contribution in [0.2, 0.25) is 0 Å². The number of aryl methyl sites for hydroxylation is 1. The van der Waals surface area contributed by atoms with Gasteiger partial charge >= 0.3 is 5.97 Å². The molecule has 2 aromatic carbocycles. The number of pyridine rings is 1. The fourth-order valence-electron chi connectivity index (χ4n) is 3.18. The molecule has 2 aromatic heterocycles. The number of hydrogen-bond acceptors (Lipinski definition) is 7. The van der Waals surface area contributed by atoms with Crippen molar-refractivity contribution in [1.29, 1.82) is 0 Å². The molecule has 0 radical (unpaired) electrons. The third-order valence-corrected chi connectivity index (χ3v) is 4.73. The van der Waals surface area contributed by atoms with Crippen LogP contribution in [0.15, 0.2) is 71.3 Å². The van der Waals surface area contributed by atoms with Gasteiger partial charge in [0.1, 0.15) is 5.69 Å². The van der Waals surface area contributed by atoms with Gasteiger partial charge in [0.05, 0.1) is 22.3 Å². The predicted octanol–water partition coefficient (Wildman–Crippen LogP) is 4.51. The average Bonchev–Trinajstić information content (AvgIpc) is 3.33. The van der Waals surface area contributed by atoms with Gasteiger partial charge in [-0.2, -0.15) is 0 Å². The fourth-order valence-corrected chi connectivity index (χ4v) is 3.18. The smallest absolute Gasteiger partial charge is 0.339 e. The van der Waals surface area contributed by atoms with Crippen LogP contribution in [0.5, 0.6) is 0 Å². The SMILES string of the molecule is Cc1ccc(NC(=O)COC(=O)c2cc(-c3ccco3)nc3ccccc23)cc1[N+](=O)[O-]. The number of hydrogen-bond donors (Lipinski definition) is 1. The van der Waals surface area contributed by atoms with Crippen molar-refractivity contribution in [2.75, 3.05) is 11.9 Å². The minimum Gasteiger partial charge on any atom is -0.463 e. The van der Waals surface area contributed by atoms with Gasteiger partial charge in [-0.15, -0.1) is 0 Å². The number of ether oxygens (including phenoxy) is 1. The first-order valence-electron chi connectivity index (χ1n) is 9.58. The Morgan fingerprint density at radius 1 is 1.12 bits per heavy atom. The first-order chi connectivity index (χ1) is 15.4. The summed E-state index contributed by atoms with van der Waals surface area (Å²) in [4.78, 5) is 40.1. The van der Waals surface area contributed by atoms with Gasteiger partial charge < -0.3 is 14.5 Å². The van der Waals surface area contributed by atoms with Crippen LogP contribution in [-0.4, -0.2) is 28.4 Å². The molecule has 0 saturated carbocycles. The second kappa shape index (κ2) is 8.68. The number of nitro benzene ring substituents is 1. The third-order valence-electron chi connectivity index (χ3n) is 4.73. The highest BCUT2D eigenvalue weighted by Gasteiger charge is 2.18. The second-order valence-electron chi connectivity index (χ2n) is 6.93. The van der Waals surface area contributed by atoms with E-state index in [-0.39, 0.29) is 16.9 Å². The normalized spacial score (nSPS) is 10.7. The molecule has 32 heavy (non-hydrogen) atoms. The lowest BCUT2D eigenvalue weighted by Crippen LogP contribution is -2.21. The number of carbonyl (C=O) groups is 2. The van der Waals surface area contributed by atoms with Gasteiger partial charge in [0.25, 0.3) is 11.6 Å². The molecule has 1 amide bonds. The van der Waals surface area contributed by atoms with Gasteiger partial charge in [0.2, 0.25) is 0 Å². The zero-order valence-corrected chi connectivity index (χ0v) is 16.9. The van der Waals surface area contributed by atoms with Crippen molar-refractivity contribution >= 4 is 34.2 Å². The number of para-hydroxylation sites is 1. The summed E-state index contributed by atoms with van der Waals surface area (Å²) in [5.74, 6) is -0.842. The van der Waals surface area contributed by atoms with Crippen LogP contribution in [0.4, 0.5) is 11.4 Å². The van der Waals surface area contributed by atoms with Gasteiger partial charge in [-0.3, -0.25) is 14.9 Å². The van der Waals surface area contributed by atoms with Crippen LogP contribution in [0.25, 0.3) is 22.4 Å². The molecule has 1 N–H and O–H groups in total. The first kappa shape index (κ1) is 20.7. The monoisotopic (exact) mass is 431 g/mol. The molecule has 9 heteroatoms. The summed E-state index contributed by atoms with van der Waals surface area (Å²) in [7, 11) is 0. The van der Waals surface area contributed by atoms with E-state index < -0.39 is 23.4 Å². The molecular formula is C23H17N3O6. The Morgan fingerprint density at radius 2 is 1.94 bits per heavy atom. The van der Waals surface area contributed by atoms with Crippen molar-refractivity contribution in [2.24, 2.45) is 0 Å². The summed E-state index contributed by atoms with van der Waals surface area (Å²) >= 11 is 0. The molecule has 0 saturated heterocycles. The van der Waals surface area contributed by atoms with Crippen molar-refractivity contribution in [3.05, 3.63) is 88.2 Å². The van der Waals surface area contributed by atoms with Gasteiger partial charge in [-0.25, -0.2) is 9.78 Å². The van der Waals surface area contributed by atoms with E-state index in [1.165, 1.54) is 24.5 Å². The van der Waals surface area contributed by atoms with E-state index >= 15 is 0 Å². The minimum absolute atomic E-state index is 0.117. The number of fused-ring (bicyclic) bond motifs is 1. The van der Waals surface area contributed by atoms with E-state index in [4.69, 9.17) is 9.15 Å². The molecule has 160 valence electrons. The zero-order valence-electron chi connectivity index (χ0n) is 16.9. The van der Waals surface area contributed by atoms with E-state index in [1.54, 1.807) is 49.4 Å². The van der Waals surface area contributed by atoms with Gasteiger partial charge in [-0.1, -0.05) is 24.3 Å². The molecule has 0 aliphatic heterocycles. The van der Waals surface area contributed by atoms with Crippen LogP contribution in [-0.2, 0) is 9.53 Å². The van der Waals surface area contributed by atoms with E-state index in [1.807, 2.05) is 0 Å². The summed E-state index contributed by atoms with van der Waals surface area (Å²) in [6.07, 6.45) is 1.50. The Labute approximate surface area is 181 Å². The first-order valence-corrected chi connectivity index (χ1v) is 9.58. The number of furan rings is 1. The van der Waals surface area contributed by atoms with Crippen molar-refractivity contribution in [1.82, 2.24) is 4.98 Å². The van der Waals surface area contributed by atoms with E-state index in [9.17, 15) is 19.7 Å². The Morgan fingerprint density at radius 3 is 2.69 bits per heavy atom. The van der Waals surface area contributed by atoms with E-state index in [0.717, 1.165) is 0 Å². The second-order valence-corrected chi connectivity index (χ2v) is 6.93. The molecule has 2 heterocycles. The van der Waals surface area contributed by atoms with Crippen LogP contribution >= 0.6 is 0 Å². The molecule has 0 aliphatic carbocycles. The molecule has 4 aromatic rings. The maximum atomic E-state index is 12.8. The maximum absolute atomic E-state index is 12.8. The number of carbonyl (C=O) groups excluding carboxylic acids is 2. The summed E-state index contributed by atoms with van der Waals surface area (Å²) < 4.78 is 10.6. The van der Waals surface area contributed by atoms with Crippen LogP contribution < -0.4 is 5.32 Å². The molecule has 4 rings (SSSR count). The van der Waals surface area contributed by atoms with Crippen LogP contribution in [0, 0.1) is 17.0 Å². The van der Waals surface area contributed by atoms with Gasteiger partial charge in [0, 0.05) is 22.7 Å². The molecular weight excluding hydrogens is 414 g/mol. The highest BCUT2D eigenvalue weighted by atomic mass is 16.6. The Balaban J connectivity index is 1.51. The Hall–Kier alpha value is -4.53. The molecule has 0 unspecified atom stereocenters. The number of rotatable bonds is 6. The van der Waals surface area contributed by atoms with E-state index in [0.29, 0.717) is 27.9 Å². The molecule has 0 fully saturated rings. The number of nitrogens with one attached hydrogen (secondary N) is 1. The van der Waals surface area contributed by atoms with Crippen molar-refractivity contribution in [2.45, 2.75) is 6.92 Å². The van der Waals surface area contributed by atoms with Crippen LogP contribution in [0.1, 0.15) is 15.9 Å². The topological polar surface area (TPSA) is 125 Å². The molecule has 0 spiro atoms. The molecule has 0 atom stereocenters. The number of esters is 1. The van der Waals surface area contributed by atoms with Gasteiger partial charge in [-0.05, 0) is 37.3 Å². The number of amides is 1.